The first-order chi connectivity index (χ1) is 10.2. The number of ether oxygens (including phenoxy) is 1. The number of likely N-dealkylation sites (tertiary alicyclic amines) is 1. The molecule has 0 spiro atoms. The molecule has 2 aromatic heterocycles. The van der Waals surface area contributed by atoms with Gasteiger partial charge >= 0.3 is 0 Å². The van der Waals surface area contributed by atoms with E-state index in [4.69, 9.17) is 16.3 Å². The molecule has 1 aliphatic rings. The SMILES string of the molecule is COC1CCN(C(=O)/C=C/c2c(Cl)nc3sccn23)CC1. The number of fused-ring (bicyclic) bond motifs is 1. The Morgan fingerprint density at radius 3 is 3.00 bits per heavy atom. The van der Waals surface area contributed by atoms with E-state index in [0.29, 0.717) is 5.15 Å². The van der Waals surface area contributed by atoms with E-state index in [9.17, 15) is 4.79 Å². The second kappa shape index (κ2) is 6.17. The Morgan fingerprint density at radius 2 is 2.29 bits per heavy atom. The van der Waals surface area contributed by atoms with Crippen LogP contribution in [0.5, 0.6) is 0 Å². The maximum Gasteiger partial charge on any atom is 0.246 e. The zero-order valence-corrected chi connectivity index (χ0v) is 13.2. The quantitative estimate of drug-likeness (QED) is 0.815. The van der Waals surface area contributed by atoms with E-state index in [1.807, 2.05) is 20.9 Å². The summed E-state index contributed by atoms with van der Waals surface area (Å²) in [5.41, 5.74) is 0.744. The summed E-state index contributed by atoms with van der Waals surface area (Å²) in [5.74, 6) is 0.00537. The standard InChI is InChI=1S/C14H16ClN3O2S/c1-20-10-4-6-17(7-5-10)12(19)3-2-11-13(15)16-14-18(11)8-9-21-14/h2-3,8-10H,4-7H2,1H3/b3-2+. The lowest BCUT2D eigenvalue weighted by molar-refractivity contribution is -0.128. The van der Waals surface area contributed by atoms with Crippen LogP contribution in [-0.2, 0) is 9.53 Å². The molecule has 2 aromatic rings. The number of piperidine rings is 1. The van der Waals surface area contributed by atoms with Gasteiger partial charge in [-0.25, -0.2) is 4.98 Å². The van der Waals surface area contributed by atoms with E-state index >= 15 is 0 Å². The summed E-state index contributed by atoms with van der Waals surface area (Å²) in [5, 5.41) is 2.36. The molecule has 0 unspecified atom stereocenters. The summed E-state index contributed by atoms with van der Waals surface area (Å²) in [6.45, 7) is 1.46. The van der Waals surface area contributed by atoms with Gasteiger partial charge in [0.05, 0.1) is 11.8 Å². The van der Waals surface area contributed by atoms with Crippen LogP contribution in [0.15, 0.2) is 17.7 Å². The van der Waals surface area contributed by atoms with E-state index in [1.165, 1.54) is 11.3 Å². The molecule has 1 amide bonds. The molecule has 0 atom stereocenters. The van der Waals surface area contributed by atoms with Crippen molar-refractivity contribution in [1.82, 2.24) is 14.3 Å². The maximum atomic E-state index is 12.2. The van der Waals surface area contributed by atoms with Crippen molar-refractivity contribution >= 4 is 39.9 Å². The second-order valence-electron chi connectivity index (χ2n) is 4.94. The number of carbonyl (C=O) groups excluding carboxylic acids is 1. The highest BCUT2D eigenvalue weighted by Crippen LogP contribution is 2.22. The van der Waals surface area contributed by atoms with Crippen molar-refractivity contribution in [3.63, 3.8) is 0 Å². The number of hydrogen-bond acceptors (Lipinski definition) is 4. The number of carbonyl (C=O) groups is 1. The van der Waals surface area contributed by atoms with Gasteiger partial charge in [0.25, 0.3) is 0 Å². The molecule has 21 heavy (non-hydrogen) atoms. The Morgan fingerprint density at radius 1 is 1.52 bits per heavy atom. The summed E-state index contributed by atoms with van der Waals surface area (Å²) in [4.78, 5) is 19.1. The average molecular weight is 326 g/mol. The average Bonchev–Trinajstić information content (AvgIpc) is 3.06. The third-order valence-electron chi connectivity index (χ3n) is 3.72. The molecule has 3 rings (SSSR count). The lowest BCUT2D eigenvalue weighted by atomic mass is 10.1. The Hall–Kier alpha value is -1.37. The number of imidazole rings is 1. The van der Waals surface area contributed by atoms with Crippen molar-refractivity contribution in [1.29, 1.82) is 0 Å². The molecular formula is C14H16ClN3O2S. The minimum absolute atomic E-state index is 0.00537. The number of methoxy groups -OCH3 is 1. The number of halogens is 1. The molecular weight excluding hydrogens is 310 g/mol. The van der Waals surface area contributed by atoms with Crippen molar-refractivity contribution in [2.45, 2.75) is 18.9 Å². The molecule has 5 nitrogen and oxygen atoms in total. The smallest absolute Gasteiger partial charge is 0.246 e. The molecule has 7 heteroatoms. The molecule has 0 radical (unpaired) electrons. The predicted octanol–water partition coefficient (Wildman–Crippen LogP) is 2.70. The molecule has 0 saturated carbocycles. The third-order valence-corrected chi connectivity index (χ3v) is 4.76. The molecule has 1 aliphatic heterocycles. The van der Waals surface area contributed by atoms with Crippen LogP contribution in [0.3, 0.4) is 0 Å². The Bertz CT molecular complexity index is 671. The van der Waals surface area contributed by atoms with Gasteiger partial charge in [0.15, 0.2) is 10.1 Å². The predicted molar refractivity (Wildman–Crippen MR) is 83.7 cm³/mol. The van der Waals surface area contributed by atoms with Crippen LogP contribution in [0, 0.1) is 0 Å². The van der Waals surface area contributed by atoms with Crippen LogP contribution in [0.25, 0.3) is 11.0 Å². The summed E-state index contributed by atoms with van der Waals surface area (Å²) >= 11 is 7.61. The van der Waals surface area contributed by atoms with Gasteiger partial charge in [-0.1, -0.05) is 11.6 Å². The largest absolute Gasteiger partial charge is 0.381 e. The van der Waals surface area contributed by atoms with E-state index in [-0.39, 0.29) is 12.0 Å². The third kappa shape index (κ3) is 2.97. The molecule has 0 aliphatic carbocycles. The van der Waals surface area contributed by atoms with Gasteiger partial charge in [0.2, 0.25) is 5.91 Å². The number of nitrogens with zero attached hydrogens (tertiary/aromatic N) is 3. The zero-order valence-electron chi connectivity index (χ0n) is 11.7. The molecule has 112 valence electrons. The van der Waals surface area contributed by atoms with E-state index in [1.54, 1.807) is 19.3 Å². The lowest BCUT2D eigenvalue weighted by Crippen LogP contribution is -2.39. The van der Waals surface area contributed by atoms with Crippen molar-refractivity contribution in [3.05, 3.63) is 28.5 Å². The first-order valence-corrected chi connectivity index (χ1v) is 8.05. The topological polar surface area (TPSA) is 46.8 Å². The number of amides is 1. The summed E-state index contributed by atoms with van der Waals surface area (Å²) in [7, 11) is 1.72. The van der Waals surface area contributed by atoms with Crippen LogP contribution in [-0.4, -0.2) is 46.5 Å². The van der Waals surface area contributed by atoms with E-state index in [0.717, 1.165) is 36.6 Å². The minimum atomic E-state index is 0.00537. The van der Waals surface area contributed by atoms with Gasteiger partial charge in [-0.15, -0.1) is 11.3 Å². The van der Waals surface area contributed by atoms with Crippen LogP contribution >= 0.6 is 22.9 Å². The highest BCUT2D eigenvalue weighted by molar-refractivity contribution is 7.15. The normalized spacial score (nSPS) is 17.1. The van der Waals surface area contributed by atoms with Crippen molar-refractivity contribution in [3.8, 4) is 0 Å². The van der Waals surface area contributed by atoms with Crippen molar-refractivity contribution < 1.29 is 9.53 Å². The second-order valence-corrected chi connectivity index (χ2v) is 6.17. The Kier molecular flexibility index (Phi) is 4.28. The number of hydrogen-bond donors (Lipinski definition) is 0. The van der Waals surface area contributed by atoms with Gasteiger partial charge in [-0.05, 0) is 18.9 Å². The lowest BCUT2D eigenvalue weighted by Gasteiger charge is -2.30. The van der Waals surface area contributed by atoms with E-state index in [2.05, 4.69) is 4.98 Å². The first-order valence-electron chi connectivity index (χ1n) is 6.80. The number of aromatic nitrogens is 2. The Labute approximate surface area is 131 Å². The van der Waals surface area contributed by atoms with Gasteiger partial charge in [0.1, 0.15) is 0 Å². The van der Waals surface area contributed by atoms with Gasteiger partial charge in [-0.2, -0.15) is 0 Å². The number of rotatable bonds is 3. The van der Waals surface area contributed by atoms with E-state index < -0.39 is 0 Å². The summed E-state index contributed by atoms with van der Waals surface area (Å²) in [6.07, 6.45) is 7.25. The van der Waals surface area contributed by atoms with Crippen LogP contribution in [0.4, 0.5) is 0 Å². The van der Waals surface area contributed by atoms with Crippen molar-refractivity contribution in [2.75, 3.05) is 20.2 Å². The highest BCUT2D eigenvalue weighted by Gasteiger charge is 2.21. The first kappa shape index (κ1) is 14.6. The summed E-state index contributed by atoms with van der Waals surface area (Å²) < 4.78 is 7.19. The fourth-order valence-corrected chi connectivity index (χ4v) is 3.50. The minimum Gasteiger partial charge on any atom is -0.381 e. The van der Waals surface area contributed by atoms with Crippen molar-refractivity contribution in [2.24, 2.45) is 0 Å². The fourth-order valence-electron chi connectivity index (χ4n) is 2.49. The van der Waals surface area contributed by atoms with Gasteiger partial charge in [-0.3, -0.25) is 9.20 Å². The molecule has 1 saturated heterocycles. The maximum absolute atomic E-state index is 12.2. The molecule has 0 aromatic carbocycles. The monoisotopic (exact) mass is 325 g/mol. The number of thiazole rings is 1. The van der Waals surface area contributed by atoms with Crippen LogP contribution in [0.2, 0.25) is 5.15 Å². The van der Waals surface area contributed by atoms with Crippen LogP contribution < -0.4 is 0 Å². The zero-order chi connectivity index (χ0) is 14.8. The molecule has 0 bridgehead atoms. The van der Waals surface area contributed by atoms with Gasteiger partial charge in [0, 0.05) is 37.9 Å². The Balaban J connectivity index is 1.70. The summed E-state index contributed by atoms with van der Waals surface area (Å²) in [6, 6.07) is 0. The molecule has 1 fully saturated rings. The highest BCUT2D eigenvalue weighted by atomic mass is 35.5. The molecule has 3 heterocycles. The molecule has 0 N–H and O–H groups in total. The fraction of sp³-hybridized carbons (Fsp3) is 0.429. The van der Waals surface area contributed by atoms with Gasteiger partial charge < -0.3 is 9.64 Å². The van der Waals surface area contributed by atoms with Crippen LogP contribution in [0.1, 0.15) is 18.5 Å².